The van der Waals surface area contributed by atoms with E-state index in [4.69, 9.17) is 16.1 Å². The molecule has 118 valence electrons. The van der Waals surface area contributed by atoms with Crippen LogP contribution in [0.5, 0.6) is 0 Å². The third kappa shape index (κ3) is 3.74. The number of benzene rings is 1. The average Bonchev–Trinajstić information content (AvgIpc) is 2.98. The minimum Gasteiger partial charge on any atom is -0.338 e. The van der Waals surface area contributed by atoms with Crippen molar-refractivity contribution in [1.29, 1.82) is 0 Å². The van der Waals surface area contributed by atoms with Crippen LogP contribution in [-0.2, 0) is 17.2 Å². The monoisotopic (exact) mass is 339 g/mol. The predicted octanol–water partition coefficient (Wildman–Crippen LogP) is 2.44. The molecule has 0 amide bonds. The fraction of sp³-hybridized carbons (Fsp3) is 0.467. The first-order chi connectivity index (χ1) is 10.6. The van der Waals surface area contributed by atoms with E-state index in [9.17, 15) is 4.21 Å². The topological polar surface area (TPSA) is 59.2 Å². The van der Waals surface area contributed by atoms with Gasteiger partial charge in [0, 0.05) is 46.8 Å². The Balaban J connectivity index is 1.65. The molecule has 1 atom stereocenters. The van der Waals surface area contributed by atoms with Gasteiger partial charge in [0.2, 0.25) is 5.89 Å². The highest BCUT2D eigenvalue weighted by Crippen LogP contribution is 2.21. The lowest BCUT2D eigenvalue weighted by atomic mass is 10.1. The van der Waals surface area contributed by atoms with Crippen molar-refractivity contribution in [1.82, 2.24) is 15.0 Å². The van der Waals surface area contributed by atoms with E-state index >= 15 is 0 Å². The van der Waals surface area contributed by atoms with Gasteiger partial charge in [0.25, 0.3) is 0 Å². The van der Waals surface area contributed by atoms with Crippen LogP contribution < -0.4 is 0 Å². The number of aromatic nitrogens is 2. The third-order valence-electron chi connectivity index (χ3n) is 3.88. The molecule has 2 aromatic rings. The fourth-order valence-corrected chi connectivity index (χ4v) is 3.70. The Labute approximate surface area is 137 Å². The van der Waals surface area contributed by atoms with Crippen molar-refractivity contribution in [3.8, 4) is 0 Å². The molecule has 22 heavy (non-hydrogen) atoms. The summed E-state index contributed by atoms with van der Waals surface area (Å²) in [5, 5.41) is 4.78. The molecule has 5 nitrogen and oxygen atoms in total. The van der Waals surface area contributed by atoms with E-state index < -0.39 is 10.8 Å². The highest BCUT2D eigenvalue weighted by Gasteiger charge is 2.25. The van der Waals surface area contributed by atoms with Gasteiger partial charge in [-0.3, -0.25) is 9.11 Å². The number of rotatable bonds is 4. The fourth-order valence-electron chi connectivity index (χ4n) is 2.49. The van der Waals surface area contributed by atoms with Crippen LogP contribution in [0.4, 0.5) is 0 Å². The zero-order valence-corrected chi connectivity index (χ0v) is 13.9. The van der Waals surface area contributed by atoms with Crippen LogP contribution in [0, 0.1) is 0 Å². The first-order valence-electron chi connectivity index (χ1n) is 7.28. The number of hydrogen-bond donors (Lipinski definition) is 0. The highest BCUT2D eigenvalue weighted by atomic mass is 35.5. The molecule has 0 saturated carbocycles. The van der Waals surface area contributed by atoms with Crippen LogP contribution in [0.15, 0.2) is 28.8 Å². The summed E-state index contributed by atoms with van der Waals surface area (Å²) in [6, 6.07) is 7.69. The van der Waals surface area contributed by atoms with Crippen molar-refractivity contribution in [2.75, 3.05) is 24.6 Å². The summed E-state index contributed by atoms with van der Waals surface area (Å²) >= 11 is 5.88. The molecule has 7 heteroatoms. The van der Waals surface area contributed by atoms with Crippen LogP contribution in [-0.4, -0.2) is 43.8 Å². The SMILES string of the molecule is CC(c1nc(Cc2ccc(Cl)cc2)no1)N1CCS(=O)CC1. The maximum absolute atomic E-state index is 11.4. The van der Waals surface area contributed by atoms with Gasteiger partial charge < -0.3 is 4.52 Å². The second-order valence-corrected chi connectivity index (χ2v) is 7.54. The summed E-state index contributed by atoms with van der Waals surface area (Å²) in [7, 11) is -0.676. The van der Waals surface area contributed by atoms with E-state index in [1.165, 1.54) is 0 Å². The second kappa shape index (κ2) is 6.89. The second-order valence-electron chi connectivity index (χ2n) is 5.41. The zero-order valence-electron chi connectivity index (χ0n) is 12.4. The first kappa shape index (κ1) is 15.6. The predicted molar refractivity (Wildman–Crippen MR) is 86.4 cm³/mol. The molecule has 1 aromatic heterocycles. The van der Waals surface area contributed by atoms with E-state index in [0.29, 0.717) is 23.2 Å². The van der Waals surface area contributed by atoms with Crippen molar-refractivity contribution < 1.29 is 8.73 Å². The molecule has 0 bridgehead atoms. The van der Waals surface area contributed by atoms with Crippen molar-refractivity contribution in [2.24, 2.45) is 0 Å². The van der Waals surface area contributed by atoms with Crippen molar-refractivity contribution in [3.63, 3.8) is 0 Å². The van der Waals surface area contributed by atoms with Crippen LogP contribution in [0.25, 0.3) is 0 Å². The average molecular weight is 340 g/mol. The van der Waals surface area contributed by atoms with E-state index in [-0.39, 0.29) is 6.04 Å². The number of nitrogens with zero attached hydrogens (tertiary/aromatic N) is 3. The Morgan fingerprint density at radius 3 is 2.68 bits per heavy atom. The largest absolute Gasteiger partial charge is 0.338 e. The molecule has 1 fully saturated rings. The lowest BCUT2D eigenvalue weighted by Crippen LogP contribution is -2.39. The highest BCUT2D eigenvalue weighted by molar-refractivity contribution is 7.85. The minimum atomic E-state index is -0.676. The molecular formula is C15H18ClN3O2S. The van der Waals surface area contributed by atoms with Crippen molar-refractivity contribution >= 4 is 22.4 Å². The molecule has 0 spiro atoms. The van der Waals surface area contributed by atoms with Crippen LogP contribution >= 0.6 is 11.6 Å². The summed E-state index contributed by atoms with van der Waals surface area (Å²) in [4.78, 5) is 6.73. The van der Waals surface area contributed by atoms with Gasteiger partial charge in [0.05, 0.1) is 6.04 Å². The van der Waals surface area contributed by atoms with Gasteiger partial charge in [-0.15, -0.1) is 0 Å². The molecule has 1 saturated heterocycles. The molecule has 1 unspecified atom stereocenters. The summed E-state index contributed by atoms with van der Waals surface area (Å²) in [5.74, 6) is 2.73. The lowest BCUT2D eigenvalue weighted by molar-refractivity contribution is 0.187. The van der Waals surface area contributed by atoms with Crippen molar-refractivity contribution in [2.45, 2.75) is 19.4 Å². The Hall–Kier alpha value is -1.24. The quantitative estimate of drug-likeness (QED) is 0.856. The molecular weight excluding hydrogens is 322 g/mol. The molecule has 1 aromatic carbocycles. The minimum absolute atomic E-state index is 0.0590. The third-order valence-corrected chi connectivity index (χ3v) is 5.40. The standard InChI is InChI=1S/C15H18ClN3O2S/c1-11(19-6-8-22(20)9-7-19)15-17-14(18-21-15)10-12-2-4-13(16)5-3-12/h2-5,11H,6-10H2,1H3. The Morgan fingerprint density at radius 1 is 1.32 bits per heavy atom. The molecule has 0 radical (unpaired) electrons. The molecule has 2 heterocycles. The van der Waals surface area contributed by atoms with Crippen molar-refractivity contribution in [3.05, 3.63) is 46.6 Å². The molecule has 1 aliphatic heterocycles. The maximum Gasteiger partial charge on any atom is 0.243 e. The van der Waals surface area contributed by atoms with Gasteiger partial charge in [-0.1, -0.05) is 28.9 Å². The van der Waals surface area contributed by atoms with Crippen LogP contribution in [0.2, 0.25) is 5.02 Å². The van der Waals surface area contributed by atoms with Gasteiger partial charge in [0.15, 0.2) is 5.82 Å². The van der Waals surface area contributed by atoms with Crippen LogP contribution in [0.3, 0.4) is 0 Å². The molecule has 0 aliphatic carbocycles. The van der Waals surface area contributed by atoms with E-state index in [2.05, 4.69) is 15.0 Å². The normalized spacial score (nSPS) is 18.5. The van der Waals surface area contributed by atoms with E-state index in [1.807, 2.05) is 31.2 Å². The van der Waals surface area contributed by atoms with Gasteiger partial charge >= 0.3 is 0 Å². The molecule has 0 N–H and O–H groups in total. The van der Waals surface area contributed by atoms with E-state index in [0.717, 1.165) is 30.2 Å². The summed E-state index contributed by atoms with van der Waals surface area (Å²) < 4.78 is 16.8. The number of hydrogen-bond acceptors (Lipinski definition) is 5. The smallest absolute Gasteiger partial charge is 0.243 e. The van der Waals surface area contributed by atoms with E-state index in [1.54, 1.807) is 0 Å². The molecule has 1 aliphatic rings. The zero-order chi connectivity index (χ0) is 15.5. The van der Waals surface area contributed by atoms with Gasteiger partial charge in [0.1, 0.15) is 0 Å². The Bertz CT molecular complexity index is 649. The van der Waals surface area contributed by atoms with Crippen LogP contribution in [0.1, 0.15) is 30.2 Å². The maximum atomic E-state index is 11.4. The summed E-state index contributed by atoms with van der Waals surface area (Å²) in [6.45, 7) is 3.67. The first-order valence-corrected chi connectivity index (χ1v) is 9.14. The number of halogens is 1. The Kier molecular flexibility index (Phi) is 4.90. The Morgan fingerprint density at radius 2 is 2.00 bits per heavy atom. The molecule has 3 rings (SSSR count). The van der Waals surface area contributed by atoms with Gasteiger partial charge in [-0.2, -0.15) is 4.98 Å². The van der Waals surface area contributed by atoms with Gasteiger partial charge in [-0.25, -0.2) is 0 Å². The summed E-state index contributed by atoms with van der Waals surface area (Å²) in [6.07, 6.45) is 0.622. The van der Waals surface area contributed by atoms with Gasteiger partial charge in [-0.05, 0) is 24.6 Å². The summed E-state index contributed by atoms with van der Waals surface area (Å²) in [5.41, 5.74) is 1.10. The lowest BCUT2D eigenvalue weighted by Gasteiger charge is -2.29.